The van der Waals surface area contributed by atoms with Gasteiger partial charge in [0.1, 0.15) is 0 Å². The minimum atomic E-state index is 0.0755. The van der Waals surface area contributed by atoms with E-state index >= 15 is 0 Å². The molecule has 1 unspecified atom stereocenters. The molecule has 1 aliphatic rings. The van der Waals surface area contributed by atoms with Crippen LogP contribution in [0.3, 0.4) is 0 Å². The Morgan fingerprint density at radius 2 is 2.15 bits per heavy atom. The molecular weight excluding hydrogens is 288 g/mol. The molecule has 0 radical (unpaired) electrons. The largest absolute Gasteiger partial charge is 0.272 e. The first-order valence-electron chi connectivity index (χ1n) is 6.71. The molecule has 2 aromatic rings. The number of fused-ring (bicyclic) bond motifs is 1. The molecule has 2 heterocycles. The van der Waals surface area contributed by atoms with Crippen LogP contribution in [0, 0.1) is 0 Å². The highest BCUT2D eigenvalue weighted by molar-refractivity contribution is 8.00. The Bertz CT molecular complexity index is 682. The molecular formula is C15H16N2OS2. The average molecular weight is 304 g/mol. The highest BCUT2D eigenvalue weighted by Crippen LogP contribution is 2.34. The fourth-order valence-corrected chi connectivity index (χ4v) is 4.18. The van der Waals surface area contributed by atoms with E-state index < -0.39 is 0 Å². The maximum Gasteiger partial charge on any atom is 0.272 e. The summed E-state index contributed by atoms with van der Waals surface area (Å²) in [6.45, 7) is 4.22. The molecule has 5 heteroatoms. The van der Waals surface area contributed by atoms with Crippen LogP contribution in [0.1, 0.15) is 19.5 Å². The van der Waals surface area contributed by atoms with Crippen LogP contribution in [0.4, 0.5) is 0 Å². The van der Waals surface area contributed by atoms with Crippen molar-refractivity contribution in [3.05, 3.63) is 46.4 Å². The second-order valence-corrected chi connectivity index (χ2v) is 7.39. The molecule has 0 spiro atoms. The minimum absolute atomic E-state index is 0.0755. The van der Waals surface area contributed by atoms with E-state index in [2.05, 4.69) is 13.8 Å². The van der Waals surface area contributed by atoms with Gasteiger partial charge >= 0.3 is 0 Å². The predicted molar refractivity (Wildman–Crippen MR) is 85.3 cm³/mol. The third kappa shape index (κ3) is 2.40. The number of hydrogen-bond donors (Lipinski definition) is 0. The van der Waals surface area contributed by atoms with Crippen molar-refractivity contribution in [1.29, 1.82) is 0 Å². The zero-order valence-corrected chi connectivity index (χ0v) is 13.1. The van der Waals surface area contributed by atoms with Crippen molar-refractivity contribution >= 4 is 23.5 Å². The van der Waals surface area contributed by atoms with Crippen LogP contribution >= 0.6 is 23.5 Å². The summed E-state index contributed by atoms with van der Waals surface area (Å²) in [7, 11) is 0. The molecule has 0 saturated carbocycles. The summed E-state index contributed by atoms with van der Waals surface area (Å²) in [6, 6.07) is 9.77. The zero-order valence-electron chi connectivity index (χ0n) is 11.5. The molecule has 3 rings (SSSR count). The first-order valence-corrected chi connectivity index (χ1v) is 8.58. The molecule has 1 aliphatic heterocycles. The van der Waals surface area contributed by atoms with Gasteiger partial charge in [-0.05, 0) is 17.9 Å². The standard InChI is InChI=1S/C15H16N2OS2/c1-3-19-15-16-12-9-10(2)20-13(12)14(18)17(15)11-7-5-4-6-8-11/h4-8,10H,3,9H2,1-2H3. The Morgan fingerprint density at radius 1 is 1.40 bits per heavy atom. The second-order valence-electron chi connectivity index (χ2n) is 4.71. The van der Waals surface area contributed by atoms with Crippen LogP contribution in [-0.2, 0) is 6.42 Å². The molecule has 0 amide bonds. The maximum atomic E-state index is 12.8. The normalized spacial score (nSPS) is 17.2. The summed E-state index contributed by atoms with van der Waals surface area (Å²) in [5.41, 5.74) is 1.94. The van der Waals surface area contributed by atoms with Crippen LogP contribution in [0.25, 0.3) is 5.69 Å². The van der Waals surface area contributed by atoms with Gasteiger partial charge in [-0.3, -0.25) is 9.36 Å². The fraction of sp³-hybridized carbons (Fsp3) is 0.333. The lowest BCUT2D eigenvalue weighted by Crippen LogP contribution is -2.23. The van der Waals surface area contributed by atoms with Gasteiger partial charge in [0.25, 0.3) is 5.56 Å². The smallest absolute Gasteiger partial charge is 0.268 e. The Labute approximate surface area is 126 Å². The van der Waals surface area contributed by atoms with Gasteiger partial charge in [-0.15, -0.1) is 11.8 Å². The number of aromatic nitrogens is 2. The number of para-hydroxylation sites is 1. The van der Waals surface area contributed by atoms with Gasteiger partial charge in [-0.25, -0.2) is 4.98 Å². The first-order chi connectivity index (χ1) is 9.70. The highest BCUT2D eigenvalue weighted by Gasteiger charge is 2.26. The molecule has 104 valence electrons. The van der Waals surface area contributed by atoms with E-state index in [1.54, 1.807) is 28.1 Å². The number of nitrogens with zero attached hydrogens (tertiary/aromatic N) is 2. The zero-order chi connectivity index (χ0) is 14.1. The van der Waals surface area contributed by atoms with Crippen molar-refractivity contribution in [2.75, 3.05) is 5.75 Å². The van der Waals surface area contributed by atoms with E-state index in [1.807, 2.05) is 30.3 Å². The summed E-state index contributed by atoms with van der Waals surface area (Å²) < 4.78 is 1.75. The van der Waals surface area contributed by atoms with Gasteiger partial charge < -0.3 is 0 Å². The van der Waals surface area contributed by atoms with E-state index in [0.717, 1.165) is 33.6 Å². The number of benzene rings is 1. The molecule has 1 aromatic carbocycles. The molecule has 1 atom stereocenters. The molecule has 0 N–H and O–H groups in total. The highest BCUT2D eigenvalue weighted by atomic mass is 32.2. The van der Waals surface area contributed by atoms with Crippen molar-refractivity contribution in [1.82, 2.24) is 9.55 Å². The summed E-state index contributed by atoms with van der Waals surface area (Å²) in [4.78, 5) is 18.3. The first kappa shape index (κ1) is 13.8. The van der Waals surface area contributed by atoms with E-state index in [-0.39, 0.29) is 5.56 Å². The summed E-state index contributed by atoms with van der Waals surface area (Å²) in [5.74, 6) is 0.904. The maximum absolute atomic E-state index is 12.8. The number of thioether (sulfide) groups is 2. The number of hydrogen-bond acceptors (Lipinski definition) is 4. The van der Waals surface area contributed by atoms with Crippen molar-refractivity contribution in [3.8, 4) is 5.69 Å². The van der Waals surface area contributed by atoms with Gasteiger partial charge in [-0.1, -0.05) is 43.8 Å². The molecule has 20 heavy (non-hydrogen) atoms. The fourth-order valence-electron chi connectivity index (χ4n) is 2.33. The van der Waals surface area contributed by atoms with E-state index in [1.165, 1.54) is 0 Å². The van der Waals surface area contributed by atoms with Gasteiger partial charge in [0, 0.05) is 11.7 Å². The van der Waals surface area contributed by atoms with Crippen LogP contribution in [0.5, 0.6) is 0 Å². The Hall–Kier alpha value is -1.20. The van der Waals surface area contributed by atoms with Crippen LogP contribution in [0.2, 0.25) is 0 Å². The van der Waals surface area contributed by atoms with Crippen LogP contribution in [0.15, 0.2) is 45.2 Å². The third-order valence-corrected chi connectivity index (χ3v) is 5.20. The molecule has 3 nitrogen and oxygen atoms in total. The van der Waals surface area contributed by atoms with E-state index in [9.17, 15) is 4.79 Å². The molecule has 0 aliphatic carbocycles. The molecule has 0 fully saturated rings. The SMILES string of the molecule is CCSc1nc2c(c(=O)n1-c1ccccc1)SC(C)C2. The Morgan fingerprint density at radius 3 is 2.85 bits per heavy atom. The number of rotatable bonds is 3. The lowest BCUT2D eigenvalue weighted by Gasteiger charge is -2.12. The summed E-state index contributed by atoms with van der Waals surface area (Å²) in [6.07, 6.45) is 0.891. The summed E-state index contributed by atoms with van der Waals surface area (Å²) >= 11 is 3.27. The quantitative estimate of drug-likeness (QED) is 0.643. The summed E-state index contributed by atoms with van der Waals surface area (Å²) in [5, 5.41) is 1.24. The van der Waals surface area contributed by atoms with Crippen molar-refractivity contribution in [2.45, 2.75) is 35.6 Å². The van der Waals surface area contributed by atoms with Crippen molar-refractivity contribution in [2.24, 2.45) is 0 Å². The van der Waals surface area contributed by atoms with Crippen molar-refractivity contribution in [3.63, 3.8) is 0 Å². The van der Waals surface area contributed by atoms with Crippen molar-refractivity contribution < 1.29 is 0 Å². The van der Waals surface area contributed by atoms with Gasteiger partial charge in [-0.2, -0.15) is 0 Å². The van der Waals surface area contributed by atoms with E-state index in [0.29, 0.717) is 5.25 Å². The monoisotopic (exact) mass is 304 g/mol. The topological polar surface area (TPSA) is 34.9 Å². The lowest BCUT2D eigenvalue weighted by molar-refractivity contribution is 0.731. The minimum Gasteiger partial charge on any atom is -0.268 e. The van der Waals surface area contributed by atoms with E-state index in [4.69, 9.17) is 4.98 Å². The molecule has 1 aromatic heterocycles. The lowest BCUT2D eigenvalue weighted by atomic mass is 10.2. The second kappa shape index (κ2) is 5.66. The predicted octanol–water partition coefficient (Wildman–Crippen LogP) is 3.38. The molecule has 0 saturated heterocycles. The van der Waals surface area contributed by atoms with Gasteiger partial charge in [0.15, 0.2) is 5.16 Å². The third-order valence-electron chi connectivity index (χ3n) is 3.17. The Balaban J connectivity index is 2.23. The van der Waals surface area contributed by atoms with Gasteiger partial charge in [0.05, 0.1) is 16.3 Å². The Kier molecular flexibility index (Phi) is 3.89. The molecule has 0 bridgehead atoms. The van der Waals surface area contributed by atoms with Gasteiger partial charge in [0.2, 0.25) is 0 Å². The average Bonchev–Trinajstić information content (AvgIpc) is 2.81. The van der Waals surface area contributed by atoms with Crippen LogP contribution in [-0.4, -0.2) is 20.6 Å². The van der Waals surface area contributed by atoms with Crippen LogP contribution < -0.4 is 5.56 Å².